The van der Waals surface area contributed by atoms with Crippen molar-refractivity contribution < 1.29 is 5.11 Å². The van der Waals surface area contributed by atoms with Crippen LogP contribution in [-0.4, -0.2) is 24.7 Å². The smallest absolute Gasteiger partial charge is 0.122 e. The Morgan fingerprint density at radius 1 is 1.20 bits per heavy atom. The summed E-state index contributed by atoms with van der Waals surface area (Å²) < 4.78 is 0. The monoisotopic (exact) mass is 278 g/mol. The van der Waals surface area contributed by atoms with Gasteiger partial charge in [-0.05, 0) is 38.8 Å². The summed E-state index contributed by atoms with van der Waals surface area (Å²) in [5.41, 5.74) is 2.06. The van der Waals surface area contributed by atoms with Crippen molar-refractivity contribution in [3.8, 4) is 5.75 Å². The number of benzene rings is 1. The SMILES string of the molecule is CCCNC(C)c1ccc(N(C)C(CC)CC)cc1O. The zero-order valence-electron chi connectivity index (χ0n) is 13.6. The zero-order valence-corrected chi connectivity index (χ0v) is 13.6. The molecule has 0 amide bonds. The number of anilines is 1. The van der Waals surface area contributed by atoms with Gasteiger partial charge >= 0.3 is 0 Å². The molecule has 1 atom stereocenters. The van der Waals surface area contributed by atoms with E-state index in [1.807, 2.05) is 12.1 Å². The van der Waals surface area contributed by atoms with Gasteiger partial charge in [-0.15, -0.1) is 0 Å². The summed E-state index contributed by atoms with van der Waals surface area (Å²) in [4.78, 5) is 2.26. The molecule has 1 aromatic rings. The van der Waals surface area contributed by atoms with Gasteiger partial charge in [0, 0.05) is 36.4 Å². The van der Waals surface area contributed by atoms with Gasteiger partial charge in [0.25, 0.3) is 0 Å². The molecule has 0 radical (unpaired) electrons. The van der Waals surface area contributed by atoms with E-state index in [0.29, 0.717) is 11.8 Å². The Morgan fingerprint density at radius 3 is 2.35 bits per heavy atom. The number of nitrogens with zero attached hydrogens (tertiary/aromatic N) is 1. The molecule has 114 valence electrons. The molecule has 0 heterocycles. The van der Waals surface area contributed by atoms with Crippen LogP contribution >= 0.6 is 0 Å². The van der Waals surface area contributed by atoms with E-state index in [1.54, 1.807) is 0 Å². The van der Waals surface area contributed by atoms with E-state index in [4.69, 9.17) is 0 Å². The van der Waals surface area contributed by atoms with Gasteiger partial charge in [-0.2, -0.15) is 0 Å². The fourth-order valence-electron chi connectivity index (χ4n) is 2.64. The van der Waals surface area contributed by atoms with Crippen LogP contribution in [0.5, 0.6) is 5.75 Å². The summed E-state index contributed by atoms with van der Waals surface area (Å²) in [5, 5.41) is 13.7. The number of phenols is 1. The Morgan fingerprint density at radius 2 is 1.85 bits per heavy atom. The first-order valence-corrected chi connectivity index (χ1v) is 7.84. The third kappa shape index (κ3) is 4.14. The topological polar surface area (TPSA) is 35.5 Å². The molecule has 1 rings (SSSR count). The maximum absolute atomic E-state index is 10.3. The molecule has 1 aromatic carbocycles. The van der Waals surface area contributed by atoms with Gasteiger partial charge in [0.05, 0.1) is 0 Å². The van der Waals surface area contributed by atoms with Crippen LogP contribution in [0.15, 0.2) is 18.2 Å². The van der Waals surface area contributed by atoms with Crippen molar-refractivity contribution in [3.63, 3.8) is 0 Å². The Hall–Kier alpha value is -1.22. The Labute approximate surface area is 124 Å². The number of hydrogen-bond acceptors (Lipinski definition) is 3. The normalized spacial score (nSPS) is 12.7. The molecular formula is C17H30N2O. The van der Waals surface area contributed by atoms with Crippen LogP contribution in [0.3, 0.4) is 0 Å². The number of hydrogen-bond donors (Lipinski definition) is 2. The summed E-state index contributed by atoms with van der Waals surface area (Å²) >= 11 is 0. The first-order chi connectivity index (χ1) is 9.54. The lowest BCUT2D eigenvalue weighted by Gasteiger charge is -2.29. The van der Waals surface area contributed by atoms with Crippen molar-refractivity contribution in [1.29, 1.82) is 0 Å². The minimum Gasteiger partial charge on any atom is -0.508 e. The zero-order chi connectivity index (χ0) is 15.1. The van der Waals surface area contributed by atoms with Gasteiger partial charge in [0.15, 0.2) is 0 Å². The van der Waals surface area contributed by atoms with Crippen LogP contribution in [0.2, 0.25) is 0 Å². The highest BCUT2D eigenvalue weighted by molar-refractivity contribution is 5.54. The third-order valence-electron chi connectivity index (χ3n) is 4.08. The lowest BCUT2D eigenvalue weighted by Crippen LogP contribution is -2.30. The van der Waals surface area contributed by atoms with E-state index >= 15 is 0 Å². The van der Waals surface area contributed by atoms with E-state index in [-0.39, 0.29) is 6.04 Å². The standard InChI is InChI=1S/C17H30N2O/c1-6-11-18-13(4)16-10-9-15(12-17(16)20)19(5)14(7-2)8-3/h9-10,12-14,18,20H,6-8,11H2,1-5H3. The molecule has 1 unspecified atom stereocenters. The molecule has 0 aliphatic carbocycles. The van der Waals surface area contributed by atoms with E-state index < -0.39 is 0 Å². The minimum absolute atomic E-state index is 0.183. The molecule has 20 heavy (non-hydrogen) atoms. The van der Waals surface area contributed by atoms with Crippen LogP contribution in [-0.2, 0) is 0 Å². The van der Waals surface area contributed by atoms with Gasteiger partial charge < -0.3 is 15.3 Å². The molecule has 0 aliphatic rings. The quantitative estimate of drug-likeness (QED) is 0.752. The molecule has 2 N–H and O–H groups in total. The number of phenolic OH excluding ortho intramolecular Hbond substituents is 1. The molecule has 0 saturated carbocycles. The van der Waals surface area contributed by atoms with Crippen LogP contribution in [0.1, 0.15) is 58.6 Å². The van der Waals surface area contributed by atoms with Crippen molar-refractivity contribution in [2.45, 2.75) is 59.0 Å². The average molecular weight is 278 g/mol. The lowest BCUT2D eigenvalue weighted by atomic mass is 10.0. The Kier molecular flexibility index (Phi) is 6.86. The maximum atomic E-state index is 10.3. The molecular weight excluding hydrogens is 248 g/mol. The molecule has 0 aromatic heterocycles. The van der Waals surface area contributed by atoms with Crippen molar-refractivity contribution in [1.82, 2.24) is 5.32 Å². The minimum atomic E-state index is 0.183. The Bertz CT molecular complexity index is 402. The summed E-state index contributed by atoms with van der Waals surface area (Å²) in [6.07, 6.45) is 3.33. The highest BCUT2D eigenvalue weighted by Gasteiger charge is 2.15. The molecule has 0 fully saturated rings. The first-order valence-electron chi connectivity index (χ1n) is 7.84. The fraction of sp³-hybridized carbons (Fsp3) is 0.647. The van der Waals surface area contributed by atoms with Crippen LogP contribution in [0.25, 0.3) is 0 Å². The summed E-state index contributed by atoms with van der Waals surface area (Å²) in [6.45, 7) is 9.61. The molecule has 0 saturated heterocycles. The van der Waals surface area contributed by atoms with Gasteiger partial charge in [-0.1, -0.05) is 26.8 Å². The van der Waals surface area contributed by atoms with Gasteiger partial charge in [0.2, 0.25) is 0 Å². The van der Waals surface area contributed by atoms with Crippen molar-refractivity contribution >= 4 is 5.69 Å². The van der Waals surface area contributed by atoms with Crippen LogP contribution in [0.4, 0.5) is 5.69 Å². The second-order valence-electron chi connectivity index (χ2n) is 5.50. The van der Waals surface area contributed by atoms with Crippen molar-refractivity contribution in [2.75, 3.05) is 18.5 Å². The Balaban J connectivity index is 2.87. The largest absolute Gasteiger partial charge is 0.508 e. The van der Waals surface area contributed by atoms with Crippen molar-refractivity contribution in [2.24, 2.45) is 0 Å². The van der Waals surface area contributed by atoms with Crippen LogP contribution < -0.4 is 10.2 Å². The lowest BCUT2D eigenvalue weighted by molar-refractivity contribution is 0.452. The van der Waals surface area contributed by atoms with Gasteiger partial charge in [-0.3, -0.25) is 0 Å². The highest BCUT2D eigenvalue weighted by atomic mass is 16.3. The van der Waals surface area contributed by atoms with Crippen molar-refractivity contribution in [3.05, 3.63) is 23.8 Å². The predicted molar refractivity (Wildman–Crippen MR) is 87.6 cm³/mol. The number of aromatic hydroxyl groups is 1. The number of rotatable bonds is 8. The predicted octanol–water partition coefficient (Wildman–Crippen LogP) is 4.08. The second-order valence-corrected chi connectivity index (χ2v) is 5.50. The number of nitrogens with one attached hydrogen (secondary N) is 1. The van der Waals surface area contributed by atoms with E-state index in [2.05, 4.69) is 51.0 Å². The summed E-state index contributed by atoms with van der Waals surface area (Å²) in [5.74, 6) is 0.386. The first kappa shape index (κ1) is 16.8. The van der Waals surface area contributed by atoms with E-state index in [0.717, 1.165) is 37.1 Å². The molecule has 0 aliphatic heterocycles. The van der Waals surface area contributed by atoms with Gasteiger partial charge in [0.1, 0.15) is 5.75 Å². The second kappa shape index (κ2) is 8.15. The third-order valence-corrected chi connectivity index (χ3v) is 4.08. The fourth-order valence-corrected chi connectivity index (χ4v) is 2.64. The van der Waals surface area contributed by atoms with Gasteiger partial charge in [-0.25, -0.2) is 0 Å². The maximum Gasteiger partial charge on any atom is 0.122 e. The summed E-state index contributed by atoms with van der Waals surface area (Å²) in [6, 6.07) is 6.74. The highest BCUT2D eigenvalue weighted by Crippen LogP contribution is 2.30. The molecule has 3 nitrogen and oxygen atoms in total. The molecule has 0 bridgehead atoms. The molecule has 3 heteroatoms. The van der Waals surface area contributed by atoms with E-state index in [1.165, 1.54) is 0 Å². The van der Waals surface area contributed by atoms with Crippen LogP contribution in [0, 0.1) is 0 Å². The van der Waals surface area contributed by atoms with E-state index in [9.17, 15) is 5.11 Å². The summed E-state index contributed by atoms with van der Waals surface area (Å²) in [7, 11) is 2.10. The molecule has 0 spiro atoms. The average Bonchev–Trinajstić information content (AvgIpc) is 2.45.